The maximum absolute atomic E-state index is 5.49. The van der Waals surface area contributed by atoms with Gasteiger partial charge in [-0.15, -0.1) is 0 Å². The molecule has 1 saturated heterocycles. The Labute approximate surface area is 154 Å². The van der Waals surface area contributed by atoms with Crippen molar-refractivity contribution in [2.75, 3.05) is 25.1 Å². The van der Waals surface area contributed by atoms with Crippen LogP contribution in [-0.4, -0.2) is 30.2 Å². The molecule has 4 nitrogen and oxygen atoms in total. The molecule has 1 aliphatic heterocycles. The number of methoxy groups -OCH3 is 1. The fourth-order valence-corrected chi connectivity index (χ4v) is 3.90. The average Bonchev–Trinajstić information content (AvgIpc) is 2.67. The summed E-state index contributed by atoms with van der Waals surface area (Å²) in [7, 11) is 1.72. The molecule has 2 aromatic carbocycles. The Balaban J connectivity index is 1.74. The minimum atomic E-state index is 0.941. The summed E-state index contributed by atoms with van der Waals surface area (Å²) in [4.78, 5) is 11.9. The average molecular weight is 347 g/mol. The van der Waals surface area contributed by atoms with Gasteiger partial charge in [-0.3, -0.25) is 4.98 Å². The smallest absolute Gasteiger partial charge is 0.147 e. The molecule has 4 heteroatoms. The molecular weight excluding hydrogens is 322 g/mol. The Bertz CT molecular complexity index is 922. The number of ether oxygens (including phenoxy) is 1. The predicted molar refractivity (Wildman–Crippen MR) is 107 cm³/mol. The van der Waals surface area contributed by atoms with Crippen molar-refractivity contribution in [1.82, 2.24) is 9.97 Å². The van der Waals surface area contributed by atoms with Crippen molar-refractivity contribution in [3.8, 4) is 16.9 Å². The van der Waals surface area contributed by atoms with Crippen LogP contribution in [0.4, 0.5) is 5.82 Å². The third-order valence-electron chi connectivity index (χ3n) is 5.21. The van der Waals surface area contributed by atoms with E-state index < -0.39 is 0 Å². The lowest BCUT2D eigenvalue weighted by Gasteiger charge is -2.27. The molecule has 0 amide bonds. The Hall–Kier alpha value is -2.62. The predicted octanol–water partition coefficient (Wildman–Crippen LogP) is 4.91. The molecular formula is C22H25N3O. The summed E-state index contributed by atoms with van der Waals surface area (Å²) in [6.07, 6.45) is 5.71. The highest BCUT2D eigenvalue weighted by Crippen LogP contribution is 2.31. The zero-order valence-corrected chi connectivity index (χ0v) is 15.7. The van der Waals surface area contributed by atoms with Gasteiger partial charge >= 0.3 is 0 Å². The van der Waals surface area contributed by atoms with Crippen molar-refractivity contribution in [3.05, 3.63) is 47.7 Å². The van der Waals surface area contributed by atoms with Crippen LogP contribution in [0.2, 0.25) is 0 Å². The van der Waals surface area contributed by atoms with Crippen LogP contribution in [0.25, 0.3) is 22.2 Å². The zero-order chi connectivity index (χ0) is 18.1. The summed E-state index contributed by atoms with van der Waals surface area (Å²) in [5.41, 5.74) is 6.55. The maximum atomic E-state index is 5.49. The quantitative estimate of drug-likeness (QED) is 0.674. The van der Waals surface area contributed by atoms with Crippen molar-refractivity contribution < 1.29 is 4.74 Å². The number of hydrogen-bond donors (Lipinski definition) is 0. The number of anilines is 1. The van der Waals surface area contributed by atoms with Gasteiger partial charge in [-0.2, -0.15) is 0 Å². The van der Waals surface area contributed by atoms with E-state index in [1.165, 1.54) is 24.8 Å². The van der Waals surface area contributed by atoms with E-state index in [2.05, 4.69) is 54.1 Å². The van der Waals surface area contributed by atoms with Crippen molar-refractivity contribution >= 4 is 16.9 Å². The van der Waals surface area contributed by atoms with E-state index in [-0.39, 0.29) is 0 Å². The first kappa shape index (κ1) is 16.8. The molecule has 0 spiro atoms. The van der Waals surface area contributed by atoms with E-state index in [1.807, 2.05) is 6.20 Å². The van der Waals surface area contributed by atoms with Gasteiger partial charge in [0.15, 0.2) is 0 Å². The van der Waals surface area contributed by atoms with Crippen molar-refractivity contribution in [1.29, 1.82) is 0 Å². The first-order chi connectivity index (χ1) is 12.7. The molecule has 4 rings (SSSR count). The SMILES string of the molecule is COc1c(C)cc(-c2ccc3ncc(N4CCCCC4)nc3c2)cc1C. The molecule has 1 fully saturated rings. The highest BCUT2D eigenvalue weighted by atomic mass is 16.5. The van der Waals surface area contributed by atoms with Gasteiger partial charge in [0.1, 0.15) is 11.6 Å². The highest BCUT2D eigenvalue weighted by Gasteiger charge is 2.14. The number of hydrogen-bond acceptors (Lipinski definition) is 4. The Morgan fingerprint density at radius 1 is 0.885 bits per heavy atom. The molecule has 134 valence electrons. The lowest BCUT2D eigenvalue weighted by atomic mass is 9.99. The summed E-state index contributed by atoms with van der Waals surface area (Å²) >= 11 is 0. The van der Waals surface area contributed by atoms with Gasteiger partial charge in [0, 0.05) is 13.1 Å². The Morgan fingerprint density at radius 3 is 2.31 bits per heavy atom. The second kappa shape index (κ2) is 6.94. The topological polar surface area (TPSA) is 38.2 Å². The number of fused-ring (bicyclic) bond motifs is 1. The summed E-state index contributed by atoms with van der Waals surface area (Å²) in [5, 5.41) is 0. The molecule has 2 heterocycles. The molecule has 0 aliphatic carbocycles. The maximum Gasteiger partial charge on any atom is 0.147 e. The summed E-state index contributed by atoms with van der Waals surface area (Å²) in [6.45, 7) is 6.34. The van der Waals surface area contributed by atoms with Gasteiger partial charge in [-0.05, 0) is 79.6 Å². The van der Waals surface area contributed by atoms with E-state index in [0.717, 1.165) is 52.4 Å². The fraction of sp³-hybridized carbons (Fsp3) is 0.364. The standard InChI is InChI=1S/C22H25N3O/c1-15-11-18(12-16(2)22(15)26-3)17-7-8-19-20(13-17)24-21(14-23-19)25-9-5-4-6-10-25/h7-8,11-14H,4-6,9-10H2,1-3H3. The number of aryl methyl sites for hydroxylation is 2. The molecule has 26 heavy (non-hydrogen) atoms. The molecule has 0 N–H and O–H groups in total. The van der Waals surface area contributed by atoms with Gasteiger partial charge in [0.25, 0.3) is 0 Å². The lowest BCUT2D eigenvalue weighted by molar-refractivity contribution is 0.408. The van der Waals surface area contributed by atoms with Crippen LogP contribution in [0, 0.1) is 13.8 Å². The molecule has 1 aromatic heterocycles. The van der Waals surface area contributed by atoms with Crippen LogP contribution >= 0.6 is 0 Å². The van der Waals surface area contributed by atoms with Gasteiger partial charge in [-0.25, -0.2) is 4.98 Å². The van der Waals surface area contributed by atoms with Crippen LogP contribution in [0.3, 0.4) is 0 Å². The molecule has 0 radical (unpaired) electrons. The summed E-state index contributed by atoms with van der Waals surface area (Å²) < 4.78 is 5.49. The Kier molecular flexibility index (Phi) is 4.49. The number of piperidine rings is 1. The number of aromatic nitrogens is 2. The van der Waals surface area contributed by atoms with Crippen LogP contribution in [0.15, 0.2) is 36.5 Å². The monoisotopic (exact) mass is 347 g/mol. The van der Waals surface area contributed by atoms with Crippen LogP contribution < -0.4 is 9.64 Å². The summed E-state index contributed by atoms with van der Waals surface area (Å²) in [6, 6.07) is 10.7. The van der Waals surface area contributed by atoms with E-state index in [4.69, 9.17) is 9.72 Å². The third-order valence-corrected chi connectivity index (χ3v) is 5.21. The molecule has 0 bridgehead atoms. The minimum absolute atomic E-state index is 0.941. The molecule has 0 unspecified atom stereocenters. The summed E-state index contributed by atoms with van der Waals surface area (Å²) in [5.74, 6) is 1.96. The van der Waals surface area contributed by atoms with Crippen LogP contribution in [0.5, 0.6) is 5.75 Å². The lowest BCUT2D eigenvalue weighted by Crippen LogP contribution is -2.30. The highest BCUT2D eigenvalue weighted by molar-refractivity contribution is 5.82. The third kappa shape index (κ3) is 3.12. The Morgan fingerprint density at radius 2 is 1.62 bits per heavy atom. The van der Waals surface area contributed by atoms with Crippen molar-refractivity contribution in [3.63, 3.8) is 0 Å². The van der Waals surface area contributed by atoms with E-state index in [1.54, 1.807) is 7.11 Å². The minimum Gasteiger partial charge on any atom is -0.496 e. The first-order valence-corrected chi connectivity index (χ1v) is 9.33. The van der Waals surface area contributed by atoms with Crippen molar-refractivity contribution in [2.24, 2.45) is 0 Å². The zero-order valence-electron chi connectivity index (χ0n) is 15.7. The molecule has 3 aromatic rings. The number of rotatable bonds is 3. The second-order valence-corrected chi connectivity index (χ2v) is 7.12. The van der Waals surface area contributed by atoms with Crippen molar-refractivity contribution in [2.45, 2.75) is 33.1 Å². The van der Waals surface area contributed by atoms with Crippen LogP contribution in [-0.2, 0) is 0 Å². The molecule has 0 atom stereocenters. The fourth-order valence-electron chi connectivity index (χ4n) is 3.90. The van der Waals surface area contributed by atoms with Gasteiger partial charge < -0.3 is 9.64 Å². The number of nitrogens with zero attached hydrogens (tertiary/aromatic N) is 3. The van der Waals surface area contributed by atoms with Gasteiger partial charge in [-0.1, -0.05) is 6.07 Å². The van der Waals surface area contributed by atoms with E-state index in [9.17, 15) is 0 Å². The number of benzene rings is 2. The normalized spacial score (nSPS) is 14.7. The van der Waals surface area contributed by atoms with E-state index >= 15 is 0 Å². The van der Waals surface area contributed by atoms with E-state index in [0.29, 0.717) is 0 Å². The first-order valence-electron chi connectivity index (χ1n) is 9.33. The largest absolute Gasteiger partial charge is 0.496 e. The second-order valence-electron chi connectivity index (χ2n) is 7.12. The van der Waals surface area contributed by atoms with Crippen LogP contribution in [0.1, 0.15) is 30.4 Å². The molecule has 1 aliphatic rings. The van der Waals surface area contributed by atoms with Gasteiger partial charge in [0.05, 0.1) is 24.3 Å². The molecule has 0 saturated carbocycles. The van der Waals surface area contributed by atoms with Gasteiger partial charge in [0.2, 0.25) is 0 Å².